The molecule has 1 atom stereocenters. The lowest BCUT2D eigenvalue weighted by atomic mass is 10.0. The topological polar surface area (TPSA) is 76.8 Å². The molecule has 0 unspecified atom stereocenters. The highest BCUT2D eigenvalue weighted by Crippen LogP contribution is 2.33. The number of likely N-dealkylation sites (tertiary alicyclic amines) is 1. The summed E-state index contributed by atoms with van der Waals surface area (Å²) in [4.78, 5) is 15.4. The summed E-state index contributed by atoms with van der Waals surface area (Å²) < 4.78 is 16.4. The number of carbonyl (C=O) groups is 1. The van der Waals surface area contributed by atoms with Crippen LogP contribution in [0.1, 0.15) is 52.5 Å². The summed E-state index contributed by atoms with van der Waals surface area (Å²) >= 11 is 0. The highest BCUT2D eigenvalue weighted by molar-refractivity contribution is 5.93. The lowest BCUT2D eigenvalue weighted by molar-refractivity contribution is 0.0915. The maximum atomic E-state index is 13.0. The first-order valence-corrected chi connectivity index (χ1v) is 11.8. The first kappa shape index (κ1) is 23.8. The SMILES string of the molecule is COc1ccc([C@@H](CNC(=O)c2cc(-c3ccc(C)c(C)c3)on2)N2CCCCC2)cc1OC. The van der Waals surface area contributed by atoms with E-state index in [2.05, 4.69) is 29.2 Å². The van der Waals surface area contributed by atoms with E-state index in [-0.39, 0.29) is 17.6 Å². The van der Waals surface area contributed by atoms with E-state index in [9.17, 15) is 4.79 Å². The first-order valence-electron chi connectivity index (χ1n) is 11.8. The second kappa shape index (κ2) is 10.7. The van der Waals surface area contributed by atoms with Gasteiger partial charge in [0.1, 0.15) is 0 Å². The molecule has 2 heterocycles. The minimum absolute atomic E-state index is 0.0233. The van der Waals surface area contributed by atoms with Crippen molar-refractivity contribution in [3.8, 4) is 22.8 Å². The van der Waals surface area contributed by atoms with Crippen molar-refractivity contribution in [2.24, 2.45) is 0 Å². The molecule has 0 saturated carbocycles. The van der Waals surface area contributed by atoms with Gasteiger partial charge in [-0.15, -0.1) is 0 Å². The van der Waals surface area contributed by atoms with Gasteiger partial charge in [-0.2, -0.15) is 0 Å². The van der Waals surface area contributed by atoms with E-state index >= 15 is 0 Å². The Balaban J connectivity index is 1.51. The van der Waals surface area contributed by atoms with Gasteiger partial charge < -0.3 is 19.3 Å². The second-order valence-electron chi connectivity index (χ2n) is 8.81. The number of benzene rings is 2. The van der Waals surface area contributed by atoms with E-state index in [4.69, 9.17) is 14.0 Å². The fourth-order valence-corrected chi connectivity index (χ4v) is 4.44. The van der Waals surface area contributed by atoms with Gasteiger partial charge in [-0.3, -0.25) is 9.69 Å². The van der Waals surface area contributed by atoms with Gasteiger partial charge in [-0.25, -0.2) is 0 Å². The van der Waals surface area contributed by atoms with Crippen molar-refractivity contribution in [3.63, 3.8) is 0 Å². The highest BCUT2D eigenvalue weighted by Gasteiger charge is 2.25. The van der Waals surface area contributed by atoms with Gasteiger partial charge in [0.2, 0.25) is 0 Å². The zero-order valence-electron chi connectivity index (χ0n) is 20.4. The maximum absolute atomic E-state index is 13.0. The molecule has 180 valence electrons. The van der Waals surface area contributed by atoms with Gasteiger partial charge >= 0.3 is 0 Å². The third-order valence-corrected chi connectivity index (χ3v) is 6.61. The largest absolute Gasteiger partial charge is 0.493 e. The minimum atomic E-state index is -0.249. The van der Waals surface area contributed by atoms with Crippen LogP contribution in [-0.2, 0) is 0 Å². The van der Waals surface area contributed by atoms with Gasteiger partial charge in [0, 0.05) is 18.2 Å². The lowest BCUT2D eigenvalue weighted by Crippen LogP contribution is -2.40. The molecular weight excluding hydrogens is 430 g/mol. The number of piperidine rings is 1. The summed E-state index contributed by atoms with van der Waals surface area (Å²) in [5.74, 6) is 1.71. The third-order valence-electron chi connectivity index (χ3n) is 6.61. The van der Waals surface area contributed by atoms with Crippen molar-refractivity contribution < 1.29 is 18.8 Å². The Hall–Kier alpha value is -3.32. The van der Waals surface area contributed by atoms with Crippen molar-refractivity contribution in [2.75, 3.05) is 33.9 Å². The molecule has 1 aliphatic heterocycles. The number of amides is 1. The fraction of sp³-hybridized carbons (Fsp3) is 0.407. The Bertz CT molecular complexity index is 1130. The average Bonchev–Trinajstić information content (AvgIpc) is 3.37. The van der Waals surface area contributed by atoms with Crippen LogP contribution in [0.25, 0.3) is 11.3 Å². The van der Waals surface area contributed by atoms with Crippen LogP contribution in [0.3, 0.4) is 0 Å². The van der Waals surface area contributed by atoms with E-state index in [1.165, 1.54) is 17.5 Å². The lowest BCUT2D eigenvalue weighted by Gasteiger charge is -2.35. The van der Waals surface area contributed by atoms with Crippen LogP contribution in [0, 0.1) is 13.8 Å². The van der Waals surface area contributed by atoms with E-state index in [1.807, 2.05) is 36.4 Å². The number of carbonyl (C=O) groups excluding carboxylic acids is 1. The van der Waals surface area contributed by atoms with Crippen molar-refractivity contribution in [1.29, 1.82) is 0 Å². The monoisotopic (exact) mass is 463 g/mol. The molecular formula is C27H33N3O4. The number of rotatable bonds is 8. The Labute approximate surface area is 201 Å². The zero-order chi connectivity index (χ0) is 24.1. The number of ether oxygens (including phenoxy) is 2. The summed E-state index contributed by atoms with van der Waals surface area (Å²) in [5, 5.41) is 7.09. The number of nitrogens with zero attached hydrogens (tertiary/aromatic N) is 2. The number of nitrogens with one attached hydrogen (secondary N) is 1. The van der Waals surface area contributed by atoms with Crippen LogP contribution in [-0.4, -0.2) is 49.8 Å². The molecule has 1 aromatic heterocycles. The maximum Gasteiger partial charge on any atom is 0.273 e. The Morgan fingerprint density at radius 3 is 2.47 bits per heavy atom. The minimum Gasteiger partial charge on any atom is -0.493 e. The summed E-state index contributed by atoms with van der Waals surface area (Å²) in [5.41, 5.74) is 4.64. The van der Waals surface area contributed by atoms with Gasteiger partial charge in [0.15, 0.2) is 23.0 Å². The average molecular weight is 464 g/mol. The molecule has 0 spiro atoms. The van der Waals surface area contributed by atoms with Crippen LogP contribution < -0.4 is 14.8 Å². The van der Waals surface area contributed by atoms with Crippen LogP contribution >= 0.6 is 0 Å². The van der Waals surface area contributed by atoms with Gasteiger partial charge in [-0.1, -0.05) is 29.8 Å². The van der Waals surface area contributed by atoms with Crippen molar-refractivity contribution in [2.45, 2.75) is 39.2 Å². The van der Waals surface area contributed by atoms with Gasteiger partial charge in [-0.05, 0) is 74.7 Å². The Kier molecular flexibility index (Phi) is 7.53. The summed E-state index contributed by atoms with van der Waals surface area (Å²) in [6.45, 7) is 6.57. The van der Waals surface area contributed by atoms with Crippen LogP contribution in [0.4, 0.5) is 0 Å². The number of aromatic nitrogens is 1. The molecule has 0 bridgehead atoms. The molecule has 1 amide bonds. The summed E-state index contributed by atoms with van der Waals surface area (Å²) in [6.07, 6.45) is 3.54. The molecule has 1 saturated heterocycles. The van der Waals surface area contributed by atoms with E-state index < -0.39 is 0 Å². The molecule has 1 fully saturated rings. The van der Waals surface area contributed by atoms with Crippen molar-refractivity contribution >= 4 is 5.91 Å². The molecule has 4 rings (SSSR count). The molecule has 7 heteroatoms. The second-order valence-corrected chi connectivity index (χ2v) is 8.81. The molecule has 0 aliphatic carbocycles. The number of aryl methyl sites for hydroxylation is 2. The first-order chi connectivity index (χ1) is 16.5. The quantitative estimate of drug-likeness (QED) is 0.510. The van der Waals surface area contributed by atoms with Gasteiger partial charge in [0.25, 0.3) is 5.91 Å². The number of hydrogen-bond acceptors (Lipinski definition) is 6. The zero-order valence-corrected chi connectivity index (χ0v) is 20.4. The summed E-state index contributed by atoms with van der Waals surface area (Å²) in [7, 11) is 3.26. The molecule has 0 radical (unpaired) electrons. The number of hydrogen-bond donors (Lipinski definition) is 1. The highest BCUT2D eigenvalue weighted by atomic mass is 16.5. The fourth-order valence-electron chi connectivity index (χ4n) is 4.44. The van der Waals surface area contributed by atoms with Crippen LogP contribution in [0.15, 0.2) is 47.0 Å². The molecule has 2 aromatic carbocycles. The van der Waals surface area contributed by atoms with Crippen molar-refractivity contribution in [1.82, 2.24) is 15.4 Å². The van der Waals surface area contributed by atoms with E-state index in [0.29, 0.717) is 23.8 Å². The molecule has 34 heavy (non-hydrogen) atoms. The van der Waals surface area contributed by atoms with Crippen LogP contribution in [0.2, 0.25) is 0 Å². The van der Waals surface area contributed by atoms with Gasteiger partial charge in [0.05, 0.1) is 20.3 Å². The normalized spacial score (nSPS) is 15.1. The van der Waals surface area contributed by atoms with E-state index in [0.717, 1.165) is 37.1 Å². The van der Waals surface area contributed by atoms with Crippen LogP contribution in [0.5, 0.6) is 11.5 Å². The predicted octanol–water partition coefficient (Wildman–Crippen LogP) is 4.93. The summed E-state index contributed by atoms with van der Waals surface area (Å²) in [6, 6.07) is 13.7. The molecule has 1 N–H and O–H groups in total. The van der Waals surface area contributed by atoms with E-state index in [1.54, 1.807) is 20.3 Å². The molecule has 3 aromatic rings. The standard InChI is InChI=1S/C27H33N3O4/c1-18-8-9-21(14-19(18)2)25-16-22(29-34-25)27(31)28-17-23(30-12-6-5-7-13-30)20-10-11-24(32-3)26(15-20)33-4/h8-11,14-16,23H,5-7,12-13,17H2,1-4H3,(H,28,31)/t23-/m1/s1. The molecule has 7 nitrogen and oxygen atoms in total. The third kappa shape index (κ3) is 5.25. The Morgan fingerprint density at radius 2 is 1.76 bits per heavy atom. The predicted molar refractivity (Wildman–Crippen MR) is 131 cm³/mol. The molecule has 1 aliphatic rings. The Morgan fingerprint density at radius 1 is 1.00 bits per heavy atom. The smallest absolute Gasteiger partial charge is 0.273 e. The van der Waals surface area contributed by atoms with Crippen molar-refractivity contribution in [3.05, 3.63) is 64.8 Å². The number of methoxy groups -OCH3 is 2.